The van der Waals surface area contributed by atoms with Crippen LogP contribution in [0.2, 0.25) is 0 Å². The van der Waals surface area contributed by atoms with Crippen molar-refractivity contribution < 1.29 is 5.11 Å². The molecule has 0 heterocycles. The van der Waals surface area contributed by atoms with Crippen molar-refractivity contribution in [2.24, 2.45) is 10.8 Å². The summed E-state index contributed by atoms with van der Waals surface area (Å²) in [5, 5.41) is 8.23. The van der Waals surface area contributed by atoms with Gasteiger partial charge in [-0.25, -0.2) is 5.84 Å². The average Bonchev–Trinajstić information content (AvgIpc) is 1.83. The number of amidine groups is 1. The van der Waals surface area contributed by atoms with Gasteiger partial charge in [0.15, 0.2) is 0 Å². The van der Waals surface area contributed by atoms with Gasteiger partial charge in [0.1, 0.15) is 5.84 Å². The second-order valence-corrected chi connectivity index (χ2v) is 1.34. The van der Waals surface area contributed by atoms with Crippen LogP contribution < -0.4 is 11.3 Å². The third-order valence-corrected chi connectivity index (χ3v) is 0.658. The van der Waals surface area contributed by atoms with E-state index < -0.39 is 0 Å². The molecule has 4 N–H and O–H groups in total. The number of nitrogens with two attached hydrogens (primary N) is 1. The number of nitrogens with one attached hydrogen (secondary N) is 1. The second kappa shape index (κ2) is 4.55. The Morgan fingerprint density at radius 2 is 2.50 bits per heavy atom. The molecular weight excluding hydrogens is 106 g/mol. The molecule has 0 saturated heterocycles. The molecule has 0 fully saturated rings. The Labute approximate surface area is 48.4 Å². The molecule has 0 aliphatic heterocycles. The maximum absolute atomic E-state index is 8.23. The van der Waals surface area contributed by atoms with Crippen molar-refractivity contribution in [2.75, 3.05) is 13.2 Å². The fourth-order valence-corrected chi connectivity index (χ4v) is 0.263. The highest BCUT2D eigenvalue weighted by Crippen LogP contribution is 1.68. The molecule has 0 saturated carbocycles. The van der Waals surface area contributed by atoms with Crippen molar-refractivity contribution >= 4 is 5.84 Å². The molecule has 0 amide bonds. The molecule has 8 heavy (non-hydrogen) atoms. The summed E-state index contributed by atoms with van der Waals surface area (Å²) in [6.07, 6.45) is 0. The minimum absolute atomic E-state index is 0.0685. The van der Waals surface area contributed by atoms with Crippen LogP contribution in [0.15, 0.2) is 4.99 Å². The van der Waals surface area contributed by atoms with Crippen LogP contribution in [0, 0.1) is 0 Å². The van der Waals surface area contributed by atoms with Crippen molar-refractivity contribution in [2.45, 2.75) is 6.92 Å². The number of hydrogen-bond donors (Lipinski definition) is 3. The number of hydrazine groups is 1. The van der Waals surface area contributed by atoms with Gasteiger partial charge in [-0.2, -0.15) is 0 Å². The van der Waals surface area contributed by atoms with Crippen molar-refractivity contribution in [3.05, 3.63) is 0 Å². The molecular formula is C4H11N3O. The van der Waals surface area contributed by atoms with Crippen LogP contribution >= 0.6 is 0 Å². The SMILES string of the molecule is CC(=NCCO)NN. The molecule has 48 valence electrons. The molecule has 4 nitrogen and oxygen atoms in total. The van der Waals surface area contributed by atoms with E-state index in [0.29, 0.717) is 12.4 Å². The van der Waals surface area contributed by atoms with Gasteiger partial charge in [0.25, 0.3) is 0 Å². The van der Waals surface area contributed by atoms with Crippen molar-refractivity contribution in [1.29, 1.82) is 0 Å². The lowest BCUT2D eigenvalue weighted by molar-refractivity contribution is 0.306. The Bertz CT molecular complexity index is 81.4. The molecule has 0 aromatic heterocycles. The van der Waals surface area contributed by atoms with Gasteiger partial charge < -0.3 is 10.5 Å². The summed E-state index contributed by atoms with van der Waals surface area (Å²) >= 11 is 0. The maximum atomic E-state index is 8.23. The molecule has 0 rings (SSSR count). The summed E-state index contributed by atoms with van der Waals surface area (Å²) in [7, 11) is 0. The van der Waals surface area contributed by atoms with Crippen LogP contribution in [-0.4, -0.2) is 24.1 Å². The molecule has 0 radical (unpaired) electrons. The highest BCUT2D eigenvalue weighted by molar-refractivity contribution is 5.78. The fourth-order valence-electron chi connectivity index (χ4n) is 0.263. The zero-order chi connectivity index (χ0) is 6.41. The molecule has 0 spiro atoms. The first-order chi connectivity index (χ1) is 3.81. The van der Waals surface area contributed by atoms with E-state index in [1.54, 1.807) is 6.92 Å². The van der Waals surface area contributed by atoms with Crippen molar-refractivity contribution in [3.8, 4) is 0 Å². The Balaban J connectivity index is 3.26. The van der Waals surface area contributed by atoms with E-state index in [1.807, 2.05) is 0 Å². The summed E-state index contributed by atoms with van der Waals surface area (Å²) in [6, 6.07) is 0. The molecule has 0 aromatic rings. The molecule has 0 aliphatic carbocycles. The highest BCUT2D eigenvalue weighted by atomic mass is 16.3. The number of hydrogen-bond acceptors (Lipinski definition) is 3. The van der Waals surface area contributed by atoms with E-state index >= 15 is 0 Å². The topological polar surface area (TPSA) is 70.6 Å². The van der Waals surface area contributed by atoms with Gasteiger partial charge in [-0.1, -0.05) is 0 Å². The van der Waals surface area contributed by atoms with E-state index in [1.165, 1.54) is 0 Å². The summed E-state index contributed by atoms with van der Waals surface area (Å²) in [5.74, 6) is 5.59. The highest BCUT2D eigenvalue weighted by Gasteiger charge is 1.79. The van der Waals surface area contributed by atoms with Crippen molar-refractivity contribution in [3.63, 3.8) is 0 Å². The van der Waals surface area contributed by atoms with Gasteiger partial charge >= 0.3 is 0 Å². The Kier molecular flexibility index (Phi) is 4.20. The van der Waals surface area contributed by atoms with Gasteiger partial charge in [-0.3, -0.25) is 4.99 Å². The minimum atomic E-state index is 0.0685. The van der Waals surface area contributed by atoms with Gasteiger partial charge in [0.05, 0.1) is 13.2 Å². The van der Waals surface area contributed by atoms with Crippen LogP contribution in [0.5, 0.6) is 0 Å². The largest absolute Gasteiger partial charge is 0.394 e. The molecule has 0 aromatic carbocycles. The van der Waals surface area contributed by atoms with Crippen LogP contribution in [0.4, 0.5) is 0 Å². The van der Waals surface area contributed by atoms with E-state index in [9.17, 15) is 0 Å². The molecule has 4 heteroatoms. The predicted molar refractivity (Wildman–Crippen MR) is 32.4 cm³/mol. The monoisotopic (exact) mass is 117 g/mol. The van der Waals surface area contributed by atoms with E-state index in [4.69, 9.17) is 10.9 Å². The summed E-state index contributed by atoms with van der Waals surface area (Å²) in [5.41, 5.74) is 2.34. The number of aliphatic hydroxyl groups excluding tert-OH is 1. The average molecular weight is 117 g/mol. The Hall–Kier alpha value is -0.610. The zero-order valence-corrected chi connectivity index (χ0v) is 4.89. The van der Waals surface area contributed by atoms with Crippen molar-refractivity contribution in [1.82, 2.24) is 5.43 Å². The first-order valence-electron chi connectivity index (χ1n) is 2.39. The molecule has 0 unspecified atom stereocenters. The lowest BCUT2D eigenvalue weighted by Gasteiger charge is -1.94. The van der Waals surface area contributed by atoms with Gasteiger partial charge in [0, 0.05) is 0 Å². The lowest BCUT2D eigenvalue weighted by atomic mass is 10.6. The third kappa shape index (κ3) is 3.58. The number of aliphatic hydroxyl groups is 1. The smallest absolute Gasteiger partial charge is 0.107 e. The second-order valence-electron chi connectivity index (χ2n) is 1.34. The maximum Gasteiger partial charge on any atom is 0.107 e. The van der Waals surface area contributed by atoms with E-state index in [0.717, 1.165) is 0 Å². The minimum Gasteiger partial charge on any atom is -0.394 e. The summed E-state index contributed by atoms with van der Waals surface area (Å²) in [6.45, 7) is 2.21. The fraction of sp³-hybridized carbons (Fsp3) is 0.750. The lowest BCUT2D eigenvalue weighted by Crippen LogP contribution is -2.27. The first kappa shape index (κ1) is 7.39. The van der Waals surface area contributed by atoms with E-state index in [-0.39, 0.29) is 6.61 Å². The van der Waals surface area contributed by atoms with Gasteiger partial charge in [-0.05, 0) is 6.92 Å². The first-order valence-corrected chi connectivity index (χ1v) is 2.39. The van der Waals surface area contributed by atoms with Crippen LogP contribution in [-0.2, 0) is 0 Å². The summed E-state index contributed by atoms with van der Waals surface area (Å²) in [4.78, 5) is 3.79. The Morgan fingerprint density at radius 1 is 1.88 bits per heavy atom. The van der Waals surface area contributed by atoms with E-state index in [2.05, 4.69) is 10.4 Å². The quantitative estimate of drug-likeness (QED) is 0.185. The molecule has 0 aliphatic rings. The van der Waals surface area contributed by atoms with Crippen LogP contribution in [0.3, 0.4) is 0 Å². The summed E-state index contributed by atoms with van der Waals surface area (Å²) < 4.78 is 0. The number of aliphatic imine (C=N–C) groups is 1. The van der Waals surface area contributed by atoms with Crippen LogP contribution in [0.25, 0.3) is 0 Å². The van der Waals surface area contributed by atoms with Crippen LogP contribution in [0.1, 0.15) is 6.92 Å². The Morgan fingerprint density at radius 3 is 2.88 bits per heavy atom. The zero-order valence-electron chi connectivity index (χ0n) is 4.89. The predicted octanol–water partition coefficient (Wildman–Crippen LogP) is -1.14. The molecule has 0 atom stereocenters. The molecule has 0 bridgehead atoms. The standard InChI is InChI=1S/C4H11N3O/c1-4(7-5)6-2-3-8/h8H,2-3,5H2,1H3,(H,6,7). The van der Waals surface area contributed by atoms with Gasteiger partial charge in [0.2, 0.25) is 0 Å². The normalized spacial score (nSPS) is 11.6. The number of rotatable bonds is 2. The number of nitrogens with zero attached hydrogens (tertiary/aromatic N) is 1. The third-order valence-electron chi connectivity index (χ3n) is 0.658. The van der Waals surface area contributed by atoms with Gasteiger partial charge in [-0.15, -0.1) is 0 Å².